The molecule has 0 atom stereocenters. The molecule has 1 aromatic heterocycles. The molecule has 1 heterocycles. The van der Waals surface area contributed by atoms with E-state index in [9.17, 15) is 0 Å². The molecule has 0 amide bonds. The molecule has 1 rings (SSSR count). The third kappa shape index (κ3) is 2.05. The predicted octanol–water partition coefficient (Wildman–Crippen LogP) is 0.643. The van der Waals surface area contributed by atoms with E-state index in [4.69, 9.17) is 11.5 Å². The van der Waals surface area contributed by atoms with Gasteiger partial charge in [-0.1, -0.05) is 0 Å². The lowest BCUT2D eigenvalue weighted by Crippen LogP contribution is -2.10. The second kappa shape index (κ2) is 3.16. The van der Waals surface area contributed by atoms with Crippen molar-refractivity contribution in [2.45, 2.75) is 0 Å². The molecule has 0 aromatic carbocycles. The maximum atomic E-state index is 6.95. The highest BCUT2D eigenvalue weighted by atomic mass is 32.1. The molecule has 11 heavy (non-hydrogen) atoms. The van der Waals surface area contributed by atoms with E-state index in [2.05, 4.69) is 22.5 Å². The largest absolute Gasteiger partial charge is 0.397 e. The number of rotatable bonds is 1. The van der Waals surface area contributed by atoms with Crippen LogP contribution in [0.2, 0.25) is 0 Å². The van der Waals surface area contributed by atoms with Gasteiger partial charge in [-0.15, -0.1) is 0 Å². The monoisotopic (exact) mass is 167 g/mol. The van der Waals surface area contributed by atoms with Crippen LogP contribution in [0.15, 0.2) is 18.5 Å². The van der Waals surface area contributed by atoms with E-state index >= 15 is 0 Å². The lowest BCUT2D eigenvalue weighted by molar-refractivity contribution is 1.33. The molecule has 0 spiro atoms. The molecule has 4 N–H and O–H groups in total. The van der Waals surface area contributed by atoms with E-state index in [-0.39, 0.29) is 5.11 Å². The van der Waals surface area contributed by atoms with Crippen molar-refractivity contribution < 1.29 is 0 Å². The Morgan fingerprint density at radius 3 is 3.00 bits per heavy atom. The number of hydrogen-bond acceptors (Lipinski definition) is 3. The van der Waals surface area contributed by atoms with Gasteiger partial charge in [0, 0.05) is 6.20 Å². The molecular formula is C6H7N4S. The maximum absolute atomic E-state index is 6.95. The van der Waals surface area contributed by atoms with Gasteiger partial charge in [-0.05, 0) is 18.3 Å². The molecule has 0 aliphatic heterocycles. The van der Waals surface area contributed by atoms with E-state index in [0.717, 1.165) is 0 Å². The van der Waals surface area contributed by atoms with Gasteiger partial charge in [0.1, 0.15) is 0 Å². The average Bonchev–Trinajstić information content (AvgIpc) is 1.93. The number of anilines is 2. The summed E-state index contributed by atoms with van der Waals surface area (Å²) in [7, 11) is 0. The van der Waals surface area contributed by atoms with Crippen molar-refractivity contribution in [2.75, 3.05) is 11.1 Å². The molecule has 0 aliphatic rings. The third-order valence-electron chi connectivity index (χ3n) is 1.10. The van der Waals surface area contributed by atoms with Crippen molar-refractivity contribution in [2.24, 2.45) is 0 Å². The second-order valence-corrected chi connectivity index (χ2v) is 2.33. The van der Waals surface area contributed by atoms with Gasteiger partial charge in [-0.3, -0.25) is 10.7 Å². The van der Waals surface area contributed by atoms with Gasteiger partial charge in [0.05, 0.1) is 17.6 Å². The number of hydrogen-bond donors (Lipinski definition) is 2. The molecular weight excluding hydrogens is 160 g/mol. The highest BCUT2D eigenvalue weighted by Gasteiger charge is 1.96. The van der Waals surface area contributed by atoms with E-state index in [1.807, 2.05) is 0 Å². The zero-order chi connectivity index (χ0) is 8.27. The summed E-state index contributed by atoms with van der Waals surface area (Å²) in [6.07, 6.45) is 3.10. The van der Waals surface area contributed by atoms with Crippen LogP contribution in [0.25, 0.3) is 0 Å². The van der Waals surface area contributed by atoms with Gasteiger partial charge in [-0.25, -0.2) is 0 Å². The fourth-order valence-corrected chi connectivity index (χ4v) is 0.742. The van der Waals surface area contributed by atoms with Crippen LogP contribution < -0.4 is 16.8 Å². The Kier molecular flexibility index (Phi) is 2.22. The number of aromatic nitrogens is 1. The second-order valence-electron chi connectivity index (χ2n) is 1.92. The first-order valence-corrected chi connectivity index (χ1v) is 3.33. The molecule has 0 saturated carbocycles. The van der Waals surface area contributed by atoms with Crippen LogP contribution in [0.5, 0.6) is 0 Å². The quantitative estimate of drug-likeness (QED) is 0.602. The van der Waals surface area contributed by atoms with E-state index in [1.165, 1.54) is 6.20 Å². The lowest BCUT2D eigenvalue weighted by Gasteiger charge is -2.03. The summed E-state index contributed by atoms with van der Waals surface area (Å²) in [4.78, 5) is 3.81. The van der Waals surface area contributed by atoms with E-state index < -0.39 is 0 Å². The number of nitrogens with zero attached hydrogens (tertiary/aromatic N) is 1. The van der Waals surface area contributed by atoms with Crippen molar-refractivity contribution in [3.8, 4) is 0 Å². The number of pyridine rings is 1. The first-order valence-electron chi connectivity index (χ1n) is 2.92. The minimum Gasteiger partial charge on any atom is -0.397 e. The molecule has 4 nitrogen and oxygen atoms in total. The van der Waals surface area contributed by atoms with Gasteiger partial charge < -0.3 is 11.1 Å². The van der Waals surface area contributed by atoms with Gasteiger partial charge in [-0.2, -0.15) is 0 Å². The average molecular weight is 167 g/mol. The summed E-state index contributed by atoms with van der Waals surface area (Å²) in [5, 5.41) is 2.52. The summed E-state index contributed by atoms with van der Waals surface area (Å²) in [6.45, 7) is 0. The molecule has 57 valence electrons. The number of nitrogen functional groups attached to an aromatic ring is 1. The molecule has 0 saturated heterocycles. The summed E-state index contributed by atoms with van der Waals surface area (Å²) >= 11 is 4.51. The van der Waals surface area contributed by atoms with Gasteiger partial charge >= 0.3 is 0 Å². The molecule has 0 bridgehead atoms. The van der Waals surface area contributed by atoms with Crippen molar-refractivity contribution >= 4 is 28.7 Å². The van der Waals surface area contributed by atoms with Crippen molar-refractivity contribution in [1.82, 2.24) is 10.7 Å². The van der Waals surface area contributed by atoms with Crippen LogP contribution >= 0.6 is 12.2 Å². The van der Waals surface area contributed by atoms with Crippen molar-refractivity contribution in [3.05, 3.63) is 18.5 Å². The third-order valence-corrected chi connectivity index (χ3v) is 1.21. The van der Waals surface area contributed by atoms with Gasteiger partial charge in [0.15, 0.2) is 5.11 Å². The Labute approximate surface area is 69.6 Å². The van der Waals surface area contributed by atoms with E-state index in [0.29, 0.717) is 11.4 Å². The summed E-state index contributed by atoms with van der Waals surface area (Å²) in [5.74, 6) is 0. The normalized spacial score (nSPS) is 9.09. The zero-order valence-electron chi connectivity index (χ0n) is 5.66. The maximum Gasteiger partial charge on any atom is 0.189 e. The Morgan fingerprint density at radius 2 is 2.45 bits per heavy atom. The Bertz CT molecular complexity index is 273. The zero-order valence-corrected chi connectivity index (χ0v) is 6.48. The molecule has 0 unspecified atom stereocenters. The van der Waals surface area contributed by atoms with Crippen molar-refractivity contribution in [1.29, 1.82) is 0 Å². The highest BCUT2D eigenvalue weighted by molar-refractivity contribution is 7.80. The van der Waals surface area contributed by atoms with Gasteiger partial charge in [0.25, 0.3) is 0 Å². The molecule has 0 fully saturated rings. The standard InChI is InChI=1S/C6H7N4S/c7-4-1-2-9-3-5(4)10-6(8)11/h1-3,8H,(H2,7,9)(H,10,11). The summed E-state index contributed by atoms with van der Waals surface area (Å²) in [5.41, 5.74) is 13.6. The molecule has 1 aromatic rings. The minimum absolute atomic E-state index is 0.0651. The first-order chi connectivity index (χ1) is 5.20. The first kappa shape index (κ1) is 7.74. The topological polar surface area (TPSA) is 74.7 Å². The van der Waals surface area contributed by atoms with Crippen LogP contribution in [0.4, 0.5) is 11.4 Å². The van der Waals surface area contributed by atoms with Gasteiger partial charge in [0.2, 0.25) is 0 Å². The van der Waals surface area contributed by atoms with Crippen LogP contribution in [-0.2, 0) is 0 Å². The van der Waals surface area contributed by atoms with E-state index in [1.54, 1.807) is 12.3 Å². The van der Waals surface area contributed by atoms with Crippen LogP contribution in [0.1, 0.15) is 0 Å². The Balaban J connectivity index is 2.86. The minimum atomic E-state index is -0.0651. The fourth-order valence-electron chi connectivity index (χ4n) is 0.632. The lowest BCUT2D eigenvalue weighted by atomic mass is 10.3. The van der Waals surface area contributed by atoms with Crippen LogP contribution in [0, 0.1) is 0 Å². The Hall–Kier alpha value is -1.36. The summed E-state index contributed by atoms with van der Waals surface area (Å²) in [6, 6.07) is 1.64. The Morgan fingerprint density at radius 1 is 1.73 bits per heavy atom. The SMILES string of the molecule is [NH]C(=S)Nc1cnccc1N. The molecule has 1 radical (unpaired) electrons. The van der Waals surface area contributed by atoms with Crippen LogP contribution in [0.3, 0.4) is 0 Å². The van der Waals surface area contributed by atoms with Crippen LogP contribution in [-0.4, -0.2) is 10.1 Å². The predicted molar refractivity (Wildman–Crippen MR) is 48.0 cm³/mol. The summed E-state index contributed by atoms with van der Waals surface area (Å²) < 4.78 is 0. The highest BCUT2D eigenvalue weighted by Crippen LogP contribution is 2.14. The fraction of sp³-hybridized carbons (Fsp3) is 0. The molecule has 5 heteroatoms. The number of nitrogens with two attached hydrogens (primary N) is 1. The number of thiocarbonyl (C=S) groups is 1. The smallest absolute Gasteiger partial charge is 0.189 e. The molecule has 0 aliphatic carbocycles. The van der Waals surface area contributed by atoms with Crippen molar-refractivity contribution in [3.63, 3.8) is 0 Å². The number of nitrogens with one attached hydrogen (secondary N) is 2.